The van der Waals surface area contributed by atoms with E-state index in [-0.39, 0.29) is 17.4 Å². The maximum atomic E-state index is 9.61. The van der Waals surface area contributed by atoms with Crippen LogP contribution in [0.2, 0.25) is 0 Å². The summed E-state index contributed by atoms with van der Waals surface area (Å²) < 4.78 is 11.5. The van der Waals surface area contributed by atoms with Crippen molar-refractivity contribution in [2.24, 2.45) is 10.7 Å². The maximum absolute atomic E-state index is 9.61. The molecule has 1 saturated heterocycles. The first-order valence-corrected chi connectivity index (χ1v) is 7.34. The first-order chi connectivity index (χ1) is 10.2. The van der Waals surface area contributed by atoms with Crippen LogP contribution in [0.5, 0.6) is 11.5 Å². The van der Waals surface area contributed by atoms with E-state index in [0.29, 0.717) is 19.1 Å². The largest absolute Gasteiger partial charge is 0.508 e. The number of rotatable bonds is 2. The van der Waals surface area contributed by atoms with Crippen molar-refractivity contribution in [3.8, 4) is 11.5 Å². The van der Waals surface area contributed by atoms with E-state index in [1.807, 2.05) is 6.07 Å². The van der Waals surface area contributed by atoms with Gasteiger partial charge in [0.05, 0.1) is 12.6 Å². The monoisotopic (exact) mass is 289 g/mol. The summed E-state index contributed by atoms with van der Waals surface area (Å²) in [7, 11) is 0. The van der Waals surface area contributed by atoms with Gasteiger partial charge in [-0.25, -0.2) is 0 Å². The van der Waals surface area contributed by atoms with Crippen molar-refractivity contribution in [3.05, 3.63) is 23.8 Å². The lowest BCUT2D eigenvalue weighted by Crippen LogP contribution is -2.53. The predicted molar refractivity (Wildman–Crippen MR) is 77.4 cm³/mol. The molecule has 2 atom stereocenters. The van der Waals surface area contributed by atoms with E-state index in [1.54, 1.807) is 12.1 Å². The number of hydrogen-bond donors (Lipinski definition) is 2. The summed E-state index contributed by atoms with van der Waals surface area (Å²) in [5.41, 5.74) is 6.81. The quantitative estimate of drug-likeness (QED) is 0.841. The number of phenolic OH excluding ortho intramolecular Hbond substituents is 1. The Morgan fingerprint density at radius 2 is 2.38 bits per heavy atom. The van der Waals surface area contributed by atoms with Gasteiger partial charge >= 0.3 is 0 Å². The molecule has 0 aromatic heterocycles. The van der Waals surface area contributed by atoms with Crippen LogP contribution in [-0.4, -0.2) is 48.4 Å². The summed E-state index contributed by atoms with van der Waals surface area (Å²) in [4.78, 5) is 6.56. The molecule has 6 heteroatoms. The van der Waals surface area contributed by atoms with Crippen LogP contribution in [0, 0.1) is 0 Å². The number of guanidine groups is 1. The van der Waals surface area contributed by atoms with E-state index in [1.165, 1.54) is 0 Å². The number of nitrogens with two attached hydrogens (primary N) is 1. The predicted octanol–water partition coefficient (Wildman–Crippen LogP) is 0.789. The highest BCUT2D eigenvalue weighted by Crippen LogP contribution is 2.45. The highest BCUT2D eigenvalue weighted by atomic mass is 16.5. The first kappa shape index (κ1) is 12.8. The average molecular weight is 289 g/mol. The van der Waals surface area contributed by atoms with E-state index in [4.69, 9.17) is 15.2 Å². The van der Waals surface area contributed by atoms with Gasteiger partial charge in [0.1, 0.15) is 23.6 Å². The van der Waals surface area contributed by atoms with Crippen LogP contribution in [0.4, 0.5) is 0 Å². The van der Waals surface area contributed by atoms with E-state index in [0.717, 1.165) is 37.3 Å². The van der Waals surface area contributed by atoms with Gasteiger partial charge in [0, 0.05) is 24.8 Å². The van der Waals surface area contributed by atoms with Crippen LogP contribution in [0.25, 0.3) is 0 Å². The Morgan fingerprint density at radius 3 is 3.19 bits per heavy atom. The van der Waals surface area contributed by atoms with Gasteiger partial charge in [-0.2, -0.15) is 0 Å². The molecule has 4 rings (SSSR count). The number of ether oxygens (including phenoxy) is 2. The van der Waals surface area contributed by atoms with Crippen LogP contribution in [0.1, 0.15) is 18.4 Å². The lowest BCUT2D eigenvalue weighted by molar-refractivity contribution is 0.0574. The zero-order chi connectivity index (χ0) is 14.4. The Hall–Kier alpha value is -1.95. The SMILES string of the molecule is NC1=NCC2(COc3cc(O)ccc32)N1CC1CCCO1. The van der Waals surface area contributed by atoms with Gasteiger partial charge in [0.15, 0.2) is 5.96 Å². The second kappa shape index (κ2) is 4.53. The molecule has 0 saturated carbocycles. The molecular weight excluding hydrogens is 270 g/mol. The fourth-order valence-electron chi connectivity index (χ4n) is 3.51. The zero-order valence-corrected chi connectivity index (χ0v) is 11.8. The molecule has 0 amide bonds. The van der Waals surface area contributed by atoms with Gasteiger partial charge in [0.2, 0.25) is 0 Å². The summed E-state index contributed by atoms with van der Waals surface area (Å²) in [6, 6.07) is 5.26. The lowest BCUT2D eigenvalue weighted by atomic mass is 9.90. The van der Waals surface area contributed by atoms with Crippen molar-refractivity contribution in [2.75, 3.05) is 26.3 Å². The first-order valence-electron chi connectivity index (χ1n) is 7.34. The molecule has 1 spiro atoms. The van der Waals surface area contributed by atoms with Gasteiger partial charge in [-0.1, -0.05) is 0 Å². The third-order valence-corrected chi connectivity index (χ3v) is 4.64. The number of phenols is 1. The molecule has 3 aliphatic heterocycles. The topological polar surface area (TPSA) is 80.3 Å². The molecule has 0 radical (unpaired) electrons. The lowest BCUT2D eigenvalue weighted by Gasteiger charge is -2.36. The van der Waals surface area contributed by atoms with Crippen molar-refractivity contribution in [2.45, 2.75) is 24.5 Å². The highest BCUT2D eigenvalue weighted by Gasteiger charge is 2.50. The Morgan fingerprint density at radius 1 is 1.48 bits per heavy atom. The van der Waals surface area contributed by atoms with Gasteiger partial charge in [0.25, 0.3) is 0 Å². The molecule has 3 N–H and O–H groups in total. The van der Waals surface area contributed by atoms with Crippen LogP contribution >= 0.6 is 0 Å². The minimum atomic E-state index is -0.348. The Bertz CT molecular complexity index is 598. The second-order valence-corrected chi connectivity index (χ2v) is 5.92. The number of nitrogens with zero attached hydrogens (tertiary/aromatic N) is 2. The van der Waals surface area contributed by atoms with Crippen LogP contribution in [0.3, 0.4) is 0 Å². The zero-order valence-electron chi connectivity index (χ0n) is 11.8. The van der Waals surface area contributed by atoms with Gasteiger partial charge in [-0.15, -0.1) is 0 Å². The molecule has 1 aromatic carbocycles. The molecule has 3 heterocycles. The summed E-state index contributed by atoms with van der Waals surface area (Å²) in [5, 5.41) is 9.61. The maximum Gasteiger partial charge on any atom is 0.192 e. The molecule has 3 aliphatic rings. The standard InChI is InChI=1S/C15H19N3O3/c16-14-17-8-15(18(14)7-11-2-1-5-20-11)9-21-13-6-10(19)3-4-12(13)15/h3-4,6,11,19H,1-2,5,7-9H2,(H2,16,17). The van der Waals surface area contributed by atoms with E-state index in [2.05, 4.69) is 9.89 Å². The van der Waals surface area contributed by atoms with E-state index in [9.17, 15) is 5.11 Å². The molecule has 1 fully saturated rings. The molecule has 0 aliphatic carbocycles. The minimum Gasteiger partial charge on any atom is -0.508 e. The molecule has 2 unspecified atom stereocenters. The Labute approximate surface area is 123 Å². The number of aromatic hydroxyl groups is 1. The number of hydrogen-bond acceptors (Lipinski definition) is 6. The Balaban J connectivity index is 1.68. The average Bonchev–Trinajstić information content (AvgIpc) is 3.16. The number of aliphatic imine (C=N–C) groups is 1. The molecule has 21 heavy (non-hydrogen) atoms. The number of fused-ring (bicyclic) bond motifs is 2. The smallest absolute Gasteiger partial charge is 0.192 e. The second-order valence-electron chi connectivity index (χ2n) is 5.92. The van der Waals surface area contributed by atoms with Crippen molar-refractivity contribution < 1.29 is 14.6 Å². The molecular formula is C15H19N3O3. The van der Waals surface area contributed by atoms with Gasteiger partial charge in [-0.3, -0.25) is 4.99 Å². The minimum absolute atomic E-state index is 0.204. The highest BCUT2D eigenvalue weighted by molar-refractivity contribution is 5.82. The molecule has 0 bridgehead atoms. The number of benzene rings is 1. The van der Waals surface area contributed by atoms with Crippen LogP contribution in [-0.2, 0) is 10.3 Å². The summed E-state index contributed by atoms with van der Waals surface area (Å²) in [5.74, 6) is 1.48. The third-order valence-electron chi connectivity index (χ3n) is 4.64. The summed E-state index contributed by atoms with van der Waals surface area (Å²) in [6.07, 6.45) is 2.36. The van der Waals surface area contributed by atoms with E-state index >= 15 is 0 Å². The summed E-state index contributed by atoms with van der Waals surface area (Å²) >= 11 is 0. The third kappa shape index (κ3) is 1.86. The van der Waals surface area contributed by atoms with E-state index < -0.39 is 0 Å². The van der Waals surface area contributed by atoms with Crippen molar-refractivity contribution in [1.82, 2.24) is 4.90 Å². The van der Waals surface area contributed by atoms with Crippen LogP contribution in [0.15, 0.2) is 23.2 Å². The normalized spacial score (nSPS) is 30.6. The van der Waals surface area contributed by atoms with Gasteiger partial charge in [-0.05, 0) is 25.0 Å². The van der Waals surface area contributed by atoms with Crippen molar-refractivity contribution >= 4 is 5.96 Å². The molecule has 6 nitrogen and oxygen atoms in total. The molecule has 112 valence electrons. The van der Waals surface area contributed by atoms with Gasteiger partial charge < -0.3 is 25.2 Å². The summed E-state index contributed by atoms with van der Waals surface area (Å²) in [6.45, 7) is 2.65. The Kier molecular flexibility index (Phi) is 2.75. The van der Waals surface area contributed by atoms with Crippen LogP contribution < -0.4 is 10.5 Å². The fourth-order valence-corrected chi connectivity index (χ4v) is 3.51. The van der Waals surface area contributed by atoms with Crippen molar-refractivity contribution in [3.63, 3.8) is 0 Å². The fraction of sp³-hybridized carbons (Fsp3) is 0.533. The van der Waals surface area contributed by atoms with Crippen molar-refractivity contribution in [1.29, 1.82) is 0 Å². The molecule has 1 aromatic rings.